The molecule has 0 amide bonds. The van der Waals surface area contributed by atoms with Crippen LogP contribution in [0.3, 0.4) is 0 Å². The van der Waals surface area contributed by atoms with Gasteiger partial charge in [-0.05, 0) is 36.7 Å². The summed E-state index contributed by atoms with van der Waals surface area (Å²) >= 11 is 5.55. The van der Waals surface area contributed by atoms with Crippen molar-refractivity contribution in [2.24, 2.45) is 0 Å². The molecule has 0 saturated carbocycles. The third kappa shape index (κ3) is 3.97. The zero-order valence-electron chi connectivity index (χ0n) is 9.64. The van der Waals surface area contributed by atoms with Crippen molar-refractivity contribution >= 4 is 38.6 Å². The maximum Gasteiger partial charge on any atom is 0.320 e. The Morgan fingerprint density at radius 3 is 2.06 bits per heavy atom. The van der Waals surface area contributed by atoms with Gasteiger partial charge in [0.25, 0.3) is 0 Å². The average Bonchev–Trinajstić information content (AvgIpc) is 2.38. The number of rotatable bonds is 6. The van der Waals surface area contributed by atoms with Gasteiger partial charge in [-0.1, -0.05) is 18.2 Å². The van der Waals surface area contributed by atoms with Gasteiger partial charge in [0.2, 0.25) is 0 Å². The molecular weight excluding hydrogens is 302 g/mol. The van der Waals surface area contributed by atoms with E-state index < -0.39 is 16.0 Å². The van der Waals surface area contributed by atoms with Gasteiger partial charge in [-0.15, -0.1) is 0 Å². The Morgan fingerprint density at radius 1 is 1.12 bits per heavy atom. The van der Waals surface area contributed by atoms with Crippen LogP contribution in [-0.4, -0.2) is 13.2 Å². The van der Waals surface area contributed by atoms with Gasteiger partial charge in [-0.25, -0.2) is 0 Å². The Labute approximate surface area is 114 Å². The predicted octanol–water partition coefficient (Wildman–Crippen LogP) is 4.74. The molecule has 0 saturated heterocycles. The molecule has 0 fully saturated rings. The Kier molecular flexibility index (Phi) is 7.12. The molecule has 1 atom stereocenters. The van der Waals surface area contributed by atoms with Gasteiger partial charge in [0.1, 0.15) is 0 Å². The third-order valence-electron chi connectivity index (χ3n) is 1.79. The minimum atomic E-state index is -2.73. The van der Waals surface area contributed by atoms with E-state index in [0.29, 0.717) is 13.2 Å². The molecule has 17 heavy (non-hydrogen) atoms. The fourth-order valence-electron chi connectivity index (χ4n) is 1.17. The van der Waals surface area contributed by atoms with E-state index in [1.807, 2.05) is 44.2 Å². The summed E-state index contributed by atoms with van der Waals surface area (Å²) in [5.74, 6) is 0. The first-order chi connectivity index (χ1) is 8.20. The van der Waals surface area contributed by atoms with Crippen LogP contribution in [0, 0.1) is 0 Å². The lowest BCUT2D eigenvalue weighted by Gasteiger charge is -2.22. The topological polar surface area (TPSA) is 27.7 Å². The first-order valence-electron chi connectivity index (χ1n) is 5.15. The molecule has 0 aliphatic heterocycles. The highest BCUT2D eigenvalue weighted by molar-refractivity contribution is 8.41. The van der Waals surface area contributed by atoms with Crippen LogP contribution >= 0.6 is 29.3 Å². The van der Waals surface area contributed by atoms with Crippen LogP contribution in [0.25, 0.3) is 0 Å². The van der Waals surface area contributed by atoms with Gasteiger partial charge < -0.3 is 9.05 Å². The smallest absolute Gasteiger partial charge is 0.311 e. The van der Waals surface area contributed by atoms with E-state index in [2.05, 4.69) is 0 Å². The van der Waals surface area contributed by atoms with Gasteiger partial charge >= 0.3 is 6.72 Å². The quantitative estimate of drug-likeness (QED) is 0.709. The van der Waals surface area contributed by atoms with Crippen molar-refractivity contribution in [3.05, 3.63) is 30.3 Å². The summed E-state index contributed by atoms with van der Waals surface area (Å²) in [7, 11) is 5.56. The largest absolute Gasteiger partial charge is 0.320 e. The van der Waals surface area contributed by atoms with Gasteiger partial charge in [-0.2, -0.15) is 4.08 Å². The van der Waals surface area contributed by atoms with Crippen LogP contribution < -0.4 is 0 Å². The number of halogens is 2. The van der Waals surface area contributed by atoms with Crippen LogP contribution in [0.5, 0.6) is 0 Å². The van der Waals surface area contributed by atoms with Crippen molar-refractivity contribution < 1.29 is 13.1 Å². The zero-order chi connectivity index (χ0) is 12.7. The normalized spacial score (nSPS) is 13.6. The van der Waals surface area contributed by atoms with Crippen molar-refractivity contribution in [1.29, 1.82) is 0 Å². The third-order valence-corrected chi connectivity index (χ3v) is 9.68. The van der Waals surface area contributed by atoms with E-state index in [0.717, 1.165) is 4.90 Å². The van der Waals surface area contributed by atoms with Crippen LogP contribution in [0.4, 0.5) is 0 Å². The van der Waals surface area contributed by atoms with Gasteiger partial charge in [0.05, 0.1) is 25.1 Å². The first-order valence-corrected chi connectivity index (χ1v) is 9.65. The Bertz CT molecular complexity index is 390. The summed E-state index contributed by atoms with van der Waals surface area (Å²) in [6.07, 6.45) is 0. The molecule has 0 radical (unpaired) electrons. The summed E-state index contributed by atoms with van der Waals surface area (Å²) in [6.45, 7) is 1.84. The van der Waals surface area contributed by atoms with Gasteiger partial charge in [-0.3, -0.25) is 0 Å². The molecule has 3 nitrogen and oxygen atoms in total. The Balaban J connectivity index is 3.26. The fraction of sp³-hybridized carbons (Fsp3) is 0.400. The van der Waals surface area contributed by atoms with E-state index >= 15 is 0 Å². The van der Waals surface area contributed by atoms with Crippen molar-refractivity contribution in [2.45, 2.75) is 18.7 Å². The highest BCUT2D eigenvalue weighted by Crippen LogP contribution is 2.58. The van der Waals surface area contributed by atoms with Gasteiger partial charge in [0, 0.05) is 14.2 Å². The second kappa shape index (κ2) is 7.80. The maximum absolute atomic E-state index is 6.40. The predicted molar refractivity (Wildman–Crippen MR) is 75.0 cm³/mol. The van der Waals surface area contributed by atoms with E-state index in [9.17, 15) is 0 Å². The second-order valence-corrected chi connectivity index (χ2v) is 9.82. The SMILES string of the molecule is CCOP(OCl)(OCC)=S(Cl)c1ccccc1. The number of benzene rings is 1. The molecule has 1 rings (SSSR count). The Hall–Kier alpha value is 0.460. The van der Waals surface area contributed by atoms with Crippen LogP contribution in [0.1, 0.15) is 13.8 Å². The molecule has 1 unspecified atom stereocenters. The highest BCUT2D eigenvalue weighted by Gasteiger charge is 2.26. The molecule has 0 bridgehead atoms. The lowest BCUT2D eigenvalue weighted by atomic mass is 10.4. The molecule has 98 valence electrons. The molecule has 0 aliphatic rings. The highest BCUT2D eigenvalue weighted by atomic mass is 35.7. The maximum atomic E-state index is 6.40. The molecule has 0 heterocycles. The van der Waals surface area contributed by atoms with E-state index in [-0.39, 0.29) is 0 Å². The van der Waals surface area contributed by atoms with Gasteiger partial charge in [0.15, 0.2) is 0 Å². The summed E-state index contributed by atoms with van der Waals surface area (Å²) in [6, 6.07) is 9.52. The lowest BCUT2D eigenvalue weighted by molar-refractivity contribution is 0.222. The standard InChI is InChI=1S/C10H15Cl2O3PS/c1-3-13-16(15-11,14-4-2)17(12)10-8-6-5-7-9-10/h5-9H,3-4H2,1-2H3. The molecule has 7 heteroatoms. The molecule has 0 aromatic heterocycles. The molecular formula is C10H15Cl2O3PS. The zero-order valence-corrected chi connectivity index (χ0v) is 12.9. The Morgan fingerprint density at radius 2 is 1.65 bits per heavy atom. The second-order valence-electron chi connectivity index (χ2n) is 2.90. The minimum absolute atomic E-state index is 0.434. The molecule has 0 aliphatic carbocycles. The first kappa shape index (κ1) is 15.5. The molecule has 1 aromatic carbocycles. The van der Waals surface area contributed by atoms with E-state index in [4.69, 9.17) is 35.7 Å². The summed E-state index contributed by atoms with van der Waals surface area (Å²) in [5.41, 5.74) is 0. The average molecular weight is 317 g/mol. The minimum Gasteiger partial charge on any atom is -0.311 e. The molecule has 1 aromatic rings. The van der Waals surface area contributed by atoms with Crippen molar-refractivity contribution in [3.8, 4) is 0 Å². The number of hydrogen-bond acceptors (Lipinski definition) is 3. The number of hydrogen-bond donors (Lipinski definition) is 0. The summed E-state index contributed by atoms with van der Waals surface area (Å²) in [4.78, 5) is 0.894. The van der Waals surface area contributed by atoms with Crippen LogP contribution in [-0.2, 0) is 22.4 Å². The fourth-order valence-corrected chi connectivity index (χ4v) is 7.59. The van der Waals surface area contributed by atoms with E-state index in [1.54, 1.807) is 0 Å². The summed E-state index contributed by atoms with van der Waals surface area (Å²) in [5, 5.41) is 0. The monoisotopic (exact) mass is 316 g/mol. The van der Waals surface area contributed by atoms with Crippen molar-refractivity contribution in [2.75, 3.05) is 13.2 Å². The lowest BCUT2D eigenvalue weighted by Crippen LogP contribution is -2.00. The van der Waals surface area contributed by atoms with Crippen LogP contribution in [0.15, 0.2) is 35.2 Å². The molecule has 0 N–H and O–H groups in total. The van der Waals surface area contributed by atoms with Crippen molar-refractivity contribution in [3.63, 3.8) is 0 Å². The van der Waals surface area contributed by atoms with Crippen LogP contribution in [0.2, 0.25) is 0 Å². The summed E-state index contributed by atoms with van der Waals surface area (Å²) < 4.78 is 16.1. The van der Waals surface area contributed by atoms with E-state index in [1.165, 1.54) is 0 Å². The van der Waals surface area contributed by atoms with Crippen molar-refractivity contribution in [1.82, 2.24) is 0 Å². The molecule has 0 spiro atoms.